The highest BCUT2D eigenvalue weighted by Gasteiger charge is 2.37. The molecular formula is C23H24FN7O3. The first-order valence-corrected chi connectivity index (χ1v) is 11.4. The Bertz CT molecular complexity index is 1400. The molecule has 0 atom stereocenters. The van der Waals surface area contributed by atoms with Crippen LogP contribution in [0.1, 0.15) is 24.2 Å². The van der Waals surface area contributed by atoms with Crippen molar-refractivity contribution in [1.29, 1.82) is 0 Å². The molecule has 11 heteroatoms. The Morgan fingerprint density at radius 3 is 2.71 bits per heavy atom. The van der Waals surface area contributed by atoms with E-state index in [2.05, 4.69) is 30.4 Å². The molecule has 1 aromatic carbocycles. The fraction of sp³-hybridized carbons (Fsp3) is 0.435. The average Bonchev–Trinajstić information content (AvgIpc) is 3.36. The Balaban J connectivity index is 1.20. The molecule has 4 aromatic rings. The molecule has 176 valence electrons. The molecule has 1 amide bonds. The minimum Gasteiger partial charge on any atom is -0.423 e. The zero-order valence-electron chi connectivity index (χ0n) is 18.9. The summed E-state index contributed by atoms with van der Waals surface area (Å²) in [6, 6.07) is 5.31. The second-order valence-corrected chi connectivity index (χ2v) is 8.99. The number of anilines is 1. The monoisotopic (exact) mass is 465 g/mol. The van der Waals surface area contributed by atoms with Crippen LogP contribution in [0.15, 0.2) is 22.6 Å². The van der Waals surface area contributed by atoms with Gasteiger partial charge in [0.15, 0.2) is 17.0 Å². The van der Waals surface area contributed by atoms with Gasteiger partial charge in [-0.25, -0.2) is 9.37 Å². The quantitative estimate of drug-likeness (QED) is 0.490. The number of rotatable bonds is 4. The predicted octanol–water partition coefficient (Wildman–Crippen LogP) is 2.74. The second-order valence-electron chi connectivity index (χ2n) is 8.99. The van der Waals surface area contributed by atoms with E-state index in [9.17, 15) is 9.18 Å². The van der Waals surface area contributed by atoms with Crippen molar-refractivity contribution in [3.8, 4) is 11.3 Å². The van der Waals surface area contributed by atoms with Crippen LogP contribution in [0, 0.1) is 25.6 Å². The Morgan fingerprint density at radius 1 is 1.12 bits per heavy atom. The molecule has 2 aliphatic heterocycles. The molecule has 10 nitrogen and oxygen atoms in total. The lowest BCUT2D eigenvalue weighted by molar-refractivity contribution is -0.127. The summed E-state index contributed by atoms with van der Waals surface area (Å²) in [6.45, 7) is 6.63. The number of nitrogens with one attached hydrogen (secondary N) is 1. The van der Waals surface area contributed by atoms with Crippen molar-refractivity contribution in [3.05, 3.63) is 35.4 Å². The fourth-order valence-corrected chi connectivity index (χ4v) is 4.69. The van der Waals surface area contributed by atoms with Gasteiger partial charge in [-0.05, 0) is 50.5 Å². The molecule has 2 fully saturated rings. The molecule has 34 heavy (non-hydrogen) atoms. The van der Waals surface area contributed by atoms with Crippen molar-refractivity contribution in [2.75, 3.05) is 31.6 Å². The largest absolute Gasteiger partial charge is 0.423 e. The predicted molar refractivity (Wildman–Crippen MR) is 121 cm³/mol. The van der Waals surface area contributed by atoms with E-state index in [-0.39, 0.29) is 28.9 Å². The van der Waals surface area contributed by atoms with Crippen LogP contribution in [0.2, 0.25) is 0 Å². The lowest BCUT2D eigenvalue weighted by Gasteiger charge is -2.44. The number of ether oxygens (including phenoxy) is 1. The summed E-state index contributed by atoms with van der Waals surface area (Å²) in [4.78, 5) is 23.5. The van der Waals surface area contributed by atoms with Gasteiger partial charge in [-0.15, -0.1) is 14.8 Å². The smallest absolute Gasteiger partial charge is 0.302 e. The summed E-state index contributed by atoms with van der Waals surface area (Å²) >= 11 is 0. The molecule has 0 saturated carbocycles. The minimum atomic E-state index is -0.555. The number of halogens is 1. The molecule has 2 aliphatic rings. The molecule has 0 unspecified atom stereocenters. The van der Waals surface area contributed by atoms with Gasteiger partial charge in [0.2, 0.25) is 5.91 Å². The minimum absolute atomic E-state index is 0.00735. The molecule has 1 N–H and O–H groups in total. The third-order valence-corrected chi connectivity index (χ3v) is 6.57. The number of amides is 1. The van der Waals surface area contributed by atoms with Crippen LogP contribution in [0.4, 0.5) is 10.4 Å². The van der Waals surface area contributed by atoms with E-state index >= 15 is 0 Å². The van der Waals surface area contributed by atoms with Gasteiger partial charge >= 0.3 is 6.01 Å². The number of oxazole rings is 1. The number of fused-ring (bicyclic) bond motifs is 2. The molecule has 0 radical (unpaired) electrons. The molecule has 6 rings (SSSR count). The van der Waals surface area contributed by atoms with E-state index in [1.165, 1.54) is 10.7 Å². The number of likely N-dealkylation sites (tertiary alicyclic amines) is 1. The number of benzene rings is 1. The van der Waals surface area contributed by atoms with Gasteiger partial charge < -0.3 is 9.15 Å². The normalized spacial score (nSPS) is 18.0. The Hall–Kier alpha value is -3.44. The van der Waals surface area contributed by atoms with Gasteiger partial charge in [-0.3, -0.25) is 15.0 Å². The summed E-state index contributed by atoms with van der Waals surface area (Å²) < 4.78 is 27.4. The summed E-state index contributed by atoms with van der Waals surface area (Å²) in [5.74, 6) is -0.254. The van der Waals surface area contributed by atoms with E-state index < -0.39 is 5.82 Å². The van der Waals surface area contributed by atoms with E-state index in [0.29, 0.717) is 41.9 Å². The van der Waals surface area contributed by atoms with Crippen molar-refractivity contribution in [3.63, 3.8) is 0 Å². The number of nitrogens with zero attached hydrogens (tertiary/aromatic N) is 6. The lowest BCUT2D eigenvalue weighted by atomic mass is 9.94. The molecule has 0 bridgehead atoms. The highest BCUT2D eigenvalue weighted by atomic mass is 19.1. The fourth-order valence-electron chi connectivity index (χ4n) is 4.69. The SMILES string of the molecule is Cc1nc2c(C)cc(-c3cc(F)c4nc(NC(=O)C5CN(C6CCOCC6)C5)oc4c3)nn2n1. The summed E-state index contributed by atoms with van der Waals surface area (Å²) in [5.41, 5.74) is 2.86. The van der Waals surface area contributed by atoms with Crippen molar-refractivity contribution in [2.24, 2.45) is 5.92 Å². The van der Waals surface area contributed by atoms with Gasteiger partial charge in [0.25, 0.3) is 0 Å². The van der Waals surface area contributed by atoms with Crippen molar-refractivity contribution >= 4 is 28.7 Å². The number of carbonyl (C=O) groups is 1. The third-order valence-electron chi connectivity index (χ3n) is 6.57. The van der Waals surface area contributed by atoms with E-state index in [1.54, 1.807) is 13.0 Å². The number of hydrogen-bond acceptors (Lipinski definition) is 8. The third kappa shape index (κ3) is 3.70. The molecule has 2 saturated heterocycles. The van der Waals surface area contributed by atoms with Crippen LogP contribution >= 0.6 is 0 Å². The Morgan fingerprint density at radius 2 is 1.91 bits per heavy atom. The number of aromatic nitrogens is 5. The molecule has 0 spiro atoms. The van der Waals surface area contributed by atoms with Gasteiger partial charge in [-0.2, -0.15) is 4.98 Å². The average molecular weight is 465 g/mol. The van der Waals surface area contributed by atoms with E-state index in [4.69, 9.17) is 9.15 Å². The zero-order chi connectivity index (χ0) is 23.4. The maximum Gasteiger partial charge on any atom is 0.302 e. The summed E-state index contributed by atoms with van der Waals surface area (Å²) in [6.07, 6.45) is 2.00. The molecule has 3 aromatic heterocycles. The standard InChI is InChI=1S/C23H24FN7O3/c1-12-7-18(29-31-21(12)25-13(2)28-31)14-8-17(24)20-19(9-14)34-23(26-20)27-22(32)15-10-30(11-15)16-3-5-33-6-4-16/h7-9,15-16H,3-6,10-11H2,1-2H3,(H,26,27,32). The van der Waals surface area contributed by atoms with Crippen molar-refractivity contribution < 1.29 is 18.3 Å². The van der Waals surface area contributed by atoms with Crippen molar-refractivity contribution in [1.82, 2.24) is 29.7 Å². The highest BCUT2D eigenvalue weighted by molar-refractivity contribution is 5.93. The maximum atomic E-state index is 14.9. The van der Waals surface area contributed by atoms with Gasteiger partial charge in [0, 0.05) is 37.9 Å². The van der Waals surface area contributed by atoms with Gasteiger partial charge in [-0.1, -0.05) is 0 Å². The highest BCUT2D eigenvalue weighted by Crippen LogP contribution is 2.30. The van der Waals surface area contributed by atoms with E-state index in [1.807, 2.05) is 13.0 Å². The molecular weight excluding hydrogens is 441 g/mol. The summed E-state index contributed by atoms with van der Waals surface area (Å²) in [7, 11) is 0. The van der Waals surface area contributed by atoms with Crippen LogP contribution in [0.5, 0.6) is 0 Å². The van der Waals surface area contributed by atoms with Crippen LogP contribution in [0.25, 0.3) is 28.0 Å². The number of carbonyl (C=O) groups excluding carboxylic acids is 1. The van der Waals surface area contributed by atoms with Crippen LogP contribution in [-0.4, -0.2) is 67.9 Å². The second kappa shape index (κ2) is 8.10. The van der Waals surface area contributed by atoms with Crippen LogP contribution in [0.3, 0.4) is 0 Å². The van der Waals surface area contributed by atoms with Gasteiger partial charge in [0.1, 0.15) is 11.3 Å². The first-order valence-electron chi connectivity index (χ1n) is 11.4. The maximum absolute atomic E-state index is 14.9. The Kier molecular flexibility index (Phi) is 5.03. The first-order chi connectivity index (χ1) is 16.4. The number of hydrogen-bond donors (Lipinski definition) is 1. The van der Waals surface area contributed by atoms with Gasteiger partial charge in [0.05, 0.1) is 11.6 Å². The molecule has 0 aliphatic carbocycles. The number of aryl methyl sites for hydroxylation is 2. The van der Waals surface area contributed by atoms with Crippen molar-refractivity contribution in [2.45, 2.75) is 32.7 Å². The Labute approximate surface area is 194 Å². The zero-order valence-corrected chi connectivity index (χ0v) is 18.9. The topological polar surface area (TPSA) is 111 Å². The molecule has 5 heterocycles. The van der Waals surface area contributed by atoms with Crippen LogP contribution in [-0.2, 0) is 9.53 Å². The first kappa shape index (κ1) is 21.1. The lowest BCUT2D eigenvalue weighted by Crippen LogP contribution is -2.57. The van der Waals surface area contributed by atoms with E-state index in [0.717, 1.165) is 31.6 Å². The van der Waals surface area contributed by atoms with Crippen LogP contribution < -0.4 is 5.32 Å². The summed E-state index contributed by atoms with van der Waals surface area (Å²) in [5, 5.41) is 11.4.